The number of rotatable bonds is 6. The maximum Gasteiger partial charge on any atom is 0.168 e. The lowest BCUT2D eigenvalue weighted by Crippen LogP contribution is -2.32. The summed E-state index contributed by atoms with van der Waals surface area (Å²) in [7, 11) is 0. The Balaban J connectivity index is 2.72. The molecule has 1 aromatic rings. The normalized spacial score (nSPS) is 11.6. The Bertz CT molecular complexity index is 359. The van der Waals surface area contributed by atoms with Crippen LogP contribution in [0.1, 0.15) is 26.7 Å². The van der Waals surface area contributed by atoms with Gasteiger partial charge in [-0.25, -0.2) is 13.8 Å². The summed E-state index contributed by atoms with van der Waals surface area (Å²) >= 11 is 1.76. The van der Waals surface area contributed by atoms with E-state index in [9.17, 15) is 8.78 Å². The van der Waals surface area contributed by atoms with E-state index in [-0.39, 0.29) is 10.6 Å². The molecule has 0 bridgehead atoms. The molecule has 0 amide bonds. The van der Waals surface area contributed by atoms with E-state index in [2.05, 4.69) is 24.1 Å². The van der Waals surface area contributed by atoms with Crippen LogP contribution in [0.3, 0.4) is 0 Å². The van der Waals surface area contributed by atoms with Gasteiger partial charge in [-0.1, -0.05) is 13.8 Å². The Morgan fingerprint density at radius 2 is 2.00 bits per heavy atom. The second-order valence-electron chi connectivity index (χ2n) is 3.93. The molecule has 0 aliphatic rings. The maximum atomic E-state index is 13.4. The number of nitrogens with one attached hydrogen (secondary N) is 1. The second kappa shape index (κ2) is 6.19. The zero-order valence-corrected chi connectivity index (χ0v) is 11.2. The van der Waals surface area contributed by atoms with Crippen molar-refractivity contribution in [3.63, 3.8) is 0 Å². The van der Waals surface area contributed by atoms with Crippen LogP contribution in [-0.2, 0) is 0 Å². The Hall–Kier alpha value is -0.840. The summed E-state index contributed by atoms with van der Waals surface area (Å²) in [6.45, 7) is 4.84. The van der Waals surface area contributed by atoms with Crippen LogP contribution in [-0.4, -0.2) is 22.5 Å². The van der Waals surface area contributed by atoms with E-state index in [1.54, 1.807) is 11.8 Å². The van der Waals surface area contributed by atoms with Crippen LogP contribution >= 0.6 is 11.8 Å². The van der Waals surface area contributed by atoms with E-state index < -0.39 is 11.6 Å². The molecule has 0 saturated carbocycles. The Morgan fingerprint density at radius 1 is 1.35 bits per heavy atom. The minimum absolute atomic E-state index is 0.0719. The van der Waals surface area contributed by atoms with Crippen molar-refractivity contribution in [2.24, 2.45) is 0 Å². The topological polar surface area (TPSA) is 24.9 Å². The molecule has 0 radical (unpaired) electrons. The van der Waals surface area contributed by atoms with Crippen molar-refractivity contribution in [3.8, 4) is 0 Å². The number of anilines is 1. The first-order valence-electron chi connectivity index (χ1n) is 5.67. The number of hydrogen-bond acceptors (Lipinski definition) is 3. The average Bonchev–Trinajstić information content (AvgIpc) is 2.33. The van der Waals surface area contributed by atoms with Gasteiger partial charge in [-0.3, -0.25) is 0 Å². The number of nitrogens with zero attached hydrogens (tertiary/aromatic N) is 1. The summed E-state index contributed by atoms with van der Waals surface area (Å²) < 4.78 is 26.1. The lowest BCUT2D eigenvalue weighted by atomic mass is 10.0. The predicted molar refractivity (Wildman–Crippen MR) is 69.5 cm³/mol. The zero-order chi connectivity index (χ0) is 12.9. The molecular weight excluding hydrogens is 242 g/mol. The largest absolute Gasteiger partial charge is 0.366 e. The molecule has 1 heterocycles. The molecule has 1 aromatic heterocycles. The predicted octanol–water partition coefficient (Wildman–Crippen LogP) is 3.69. The minimum Gasteiger partial charge on any atom is -0.366 e. The summed E-state index contributed by atoms with van der Waals surface area (Å²) in [5, 5.41) is 2.96. The molecule has 0 aliphatic heterocycles. The first kappa shape index (κ1) is 14.2. The highest BCUT2D eigenvalue weighted by Crippen LogP contribution is 2.30. The zero-order valence-electron chi connectivity index (χ0n) is 10.4. The van der Waals surface area contributed by atoms with Gasteiger partial charge in [0.1, 0.15) is 5.82 Å². The Kier molecular flexibility index (Phi) is 5.18. The molecule has 0 atom stereocenters. The third kappa shape index (κ3) is 3.56. The number of thioether (sulfide) groups is 1. The number of aromatic nitrogens is 1. The fourth-order valence-corrected chi connectivity index (χ4v) is 2.44. The van der Waals surface area contributed by atoms with Gasteiger partial charge < -0.3 is 5.32 Å². The van der Waals surface area contributed by atoms with Gasteiger partial charge in [0.05, 0.1) is 6.20 Å². The summed E-state index contributed by atoms with van der Waals surface area (Å²) in [6, 6.07) is 0.841. The van der Waals surface area contributed by atoms with Crippen molar-refractivity contribution in [1.29, 1.82) is 0 Å². The third-order valence-electron chi connectivity index (χ3n) is 3.11. The molecule has 96 valence electrons. The smallest absolute Gasteiger partial charge is 0.168 e. The molecule has 0 aliphatic carbocycles. The fourth-order valence-electron chi connectivity index (χ4n) is 1.65. The van der Waals surface area contributed by atoms with Crippen molar-refractivity contribution in [1.82, 2.24) is 4.98 Å². The lowest BCUT2D eigenvalue weighted by molar-refractivity contribution is 0.558. The van der Waals surface area contributed by atoms with Crippen LogP contribution in [0.25, 0.3) is 0 Å². The third-order valence-corrected chi connectivity index (χ3v) is 4.70. The molecule has 5 heteroatoms. The van der Waals surface area contributed by atoms with Gasteiger partial charge >= 0.3 is 0 Å². The van der Waals surface area contributed by atoms with Crippen molar-refractivity contribution in [2.75, 3.05) is 18.1 Å². The molecule has 0 fully saturated rings. The molecule has 1 rings (SSSR count). The van der Waals surface area contributed by atoms with E-state index in [4.69, 9.17) is 0 Å². The van der Waals surface area contributed by atoms with E-state index in [1.807, 2.05) is 6.26 Å². The average molecular weight is 260 g/mol. The van der Waals surface area contributed by atoms with Crippen molar-refractivity contribution < 1.29 is 8.78 Å². The van der Waals surface area contributed by atoms with Gasteiger partial charge in [-0.2, -0.15) is 11.8 Å². The van der Waals surface area contributed by atoms with Gasteiger partial charge in [-0.15, -0.1) is 0 Å². The molecular formula is C12H18F2N2S. The minimum atomic E-state index is -0.657. The molecule has 17 heavy (non-hydrogen) atoms. The molecule has 0 aromatic carbocycles. The van der Waals surface area contributed by atoms with Crippen molar-refractivity contribution >= 4 is 17.6 Å². The highest BCUT2D eigenvalue weighted by Gasteiger charge is 2.25. The lowest BCUT2D eigenvalue weighted by Gasteiger charge is -2.30. The van der Waals surface area contributed by atoms with Crippen LogP contribution in [0.2, 0.25) is 0 Å². The van der Waals surface area contributed by atoms with E-state index >= 15 is 0 Å². The van der Waals surface area contributed by atoms with Gasteiger partial charge in [0, 0.05) is 17.4 Å². The molecule has 0 unspecified atom stereocenters. The van der Waals surface area contributed by atoms with E-state index in [1.165, 1.54) is 0 Å². The van der Waals surface area contributed by atoms with E-state index in [0.717, 1.165) is 25.1 Å². The SMILES string of the molecule is CCC(CC)(CNc1ncc(F)cc1F)SC. The first-order chi connectivity index (χ1) is 8.06. The monoisotopic (exact) mass is 260 g/mol. The maximum absolute atomic E-state index is 13.4. The Labute approximate surface area is 105 Å². The van der Waals surface area contributed by atoms with Gasteiger partial charge in [-0.05, 0) is 19.1 Å². The molecule has 0 saturated heterocycles. The van der Waals surface area contributed by atoms with Crippen molar-refractivity contribution in [3.05, 3.63) is 23.9 Å². The summed E-state index contributed by atoms with van der Waals surface area (Å²) in [4.78, 5) is 3.71. The number of hydrogen-bond donors (Lipinski definition) is 1. The van der Waals surface area contributed by atoms with Crippen LogP contribution < -0.4 is 5.32 Å². The highest BCUT2D eigenvalue weighted by molar-refractivity contribution is 8.00. The molecule has 0 spiro atoms. The fraction of sp³-hybridized carbons (Fsp3) is 0.583. The van der Waals surface area contributed by atoms with Crippen LogP contribution in [0, 0.1) is 11.6 Å². The van der Waals surface area contributed by atoms with Gasteiger partial charge in [0.15, 0.2) is 11.6 Å². The Morgan fingerprint density at radius 3 is 2.47 bits per heavy atom. The van der Waals surface area contributed by atoms with Crippen molar-refractivity contribution in [2.45, 2.75) is 31.4 Å². The van der Waals surface area contributed by atoms with Crippen LogP contribution in [0.5, 0.6) is 0 Å². The quantitative estimate of drug-likeness (QED) is 0.844. The number of pyridine rings is 1. The number of halogens is 2. The summed E-state index contributed by atoms with van der Waals surface area (Å²) in [6.07, 6.45) is 5.04. The summed E-state index contributed by atoms with van der Waals surface area (Å²) in [5.74, 6) is -1.19. The van der Waals surface area contributed by atoms with E-state index in [0.29, 0.717) is 6.54 Å². The molecule has 2 nitrogen and oxygen atoms in total. The highest BCUT2D eigenvalue weighted by atomic mass is 32.2. The first-order valence-corrected chi connectivity index (χ1v) is 6.89. The second-order valence-corrected chi connectivity index (χ2v) is 5.21. The molecule has 1 N–H and O–H groups in total. The van der Waals surface area contributed by atoms with Gasteiger partial charge in [0.2, 0.25) is 0 Å². The summed E-state index contributed by atoms with van der Waals surface area (Å²) in [5.41, 5.74) is 0. The van der Waals surface area contributed by atoms with Gasteiger partial charge in [0.25, 0.3) is 0 Å². The standard InChI is InChI=1S/C12H18F2N2S/c1-4-12(5-2,17-3)8-16-11-10(14)6-9(13)7-15-11/h6-7H,4-5,8H2,1-3H3,(H,15,16). The van der Waals surface area contributed by atoms with Crippen LogP contribution in [0.4, 0.5) is 14.6 Å². The van der Waals surface area contributed by atoms with Crippen LogP contribution in [0.15, 0.2) is 12.3 Å².